The summed E-state index contributed by atoms with van der Waals surface area (Å²) in [4.78, 5) is 26.6. The molecular weight excluding hydrogens is 354 g/mol. The van der Waals surface area contributed by atoms with Crippen molar-refractivity contribution in [1.82, 2.24) is 4.90 Å². The van der Waals surface area contributed by atoms with Crippen LogP contribution in [0.2, 0.25) is 0 Å². The van der Waals surface area contributed by atoms with Crippen LogP contribution in [0.4, 0.5) is 0 Å². The number of carbonyl (C=O) groups excluding carboxylic acids is 2. The summed E-state index contributed by atoms with van der Waals surface area (Å²) in [5.74, 6) is -0.627. The van der Waals surface area contributed by atoms with Crippen LogP contribution in [0.1, 0.15) is 36.8 Å². The van der Waals surface area contributed by atoms with E-state index in [9.17, 15) is 9.59 Å². The molecule has 1 saturated carbocycles. The molecule has 2 aromatic rings. The van der Waals surface area contributed by atoms with Crippen LogP contribution in [0.5, 0.6) is 0 Å². The maximum absolute atomic E-state index is 12.3. The maximum atomic E-state index is 12.3. The standard InChI is InChI=1S/C23H27NO4/c25-22(27-17-19-9-3-1-4-10-19)15-24(21-13-7-8-14-21)16-23(26)28-18-20-11-5-2-6-12-20/h1-6,9-12,21H,7-8,13-18H2. The fourth-order valence-corrected chi connectivity index (χ4v) is 3.48. The van der Waals surface area contributed by atoms with Crippen molar-refractivity contribution in [3.63, 3.8) is 0 Å². The molecule has 0 spiro atoms. The number of ether oxygens (including phenoxy) is 2. The lowest BCUT2D eigenvalue weighted by molar-refractivity contribution is -0.151. The van der Waals surface area contributed by atoms with E-state index in [-0.39, 0.29) is 44.3 Å². The molecule has 0 N–H and O–H groups in total. The summed E-state index contributed by atoms with van der Waals surface area (Å²) >= 11 is 0. The lowest BCUT2D eigenvalue weighted by atomic mass is 10.2. The summed E-state index contributed by atoms with van der Waals surface area (Å²) < 4.78 is 10.8. The third-order valence-electron chi connectivity index (χ3n) is 4.99. The third kappa shape index (κ3) is 6.50. The highest BCUT2D eigenvalue weighted by Gasteiger charge is 2.27. The average Bonchev–Trinajstić information content (AvgIpc) is 3.27. The number of hydrogen-bond acceptors (Lipinski definition) is 5. The van der Waals surface area contributed by atoms with Crippen molar-refractivity contribution in [1.29, 1.82) is 0 Å². The summed E-state index contributed by atoms with van der Waals surface area (Å²) in [6.45, 7) is 0.711. The molecule has 0 unspecified atom stereocenters. The lowest BCUT2D eigenvalue weighted by Gasteiger charge is -2.26. The second-order valence-electron chi connectivity index (χ2n) is 7.14. The molecule has 1 fully saturated rings. The predicted octanol–water partition coefficient (Wildman–Crippen LogP) is 3.72. The van der Waals surface area contributed by atoms with E-state index in [1.165, 1.54) is 0 Å². The van der Waals surface area contributed by atoms with Gasteiger partial charge in [-0.3, -0.25) is 14.5 Å². The molecule has 0 aromatic heterocycles. The first kappa shape index (κ1) is 20.1. The minimum atomic E-state index is -0.313. The molecule has 28 heavy (non-hydrogen) atoms. The van der Waals surface area contributed by atoms with E-state index in [1.54, 1.807) is 0 Å². The van der Waals surface area contributed by atoms with Crippen LogP contribution in [0, 0.1) is 0 Å². The van der Waals surface area contributed by atoms with Crippen LogP contribution in [0.25, 0.3) is 0 Å². The Morgan fingerprint density at radius 3 is 1.61 bits per heavy atom. The van der Waals surface area contributed by atoms with Gasteiger partial charge in [-0.2, -0.15) is 0 Å². The number of hydrogen-bond donors (Lipinski definition) is 0. The Bertz CT molecular complexity index is 684. The molecule has 5 heteroatoms. The van der Waals surface area contributed by atoms with Crippen molar-refractivity contribution < 1.29 is 19.1 Å². The minimum absolute atomic E-state index is 0.109. The molecule has 0 amide bonds. The molecule has 1 aliphatic rings. The highest BCUT2D eigenvalue weighted by molar-refractivity contribution is 5.75. The van der Waals surface area contributed by atoms with Gasteiger partial charge in [-0.1, -0.05) is 73.5 Å². The third-order valence-corrected chi connectivity index (χ3v) is 4.99. The minimum Gasteiger partial charge on any atom is -0.460 e. The second-order valence-corrected chi connectivity index (χ2v) is 7.14. The van der Waals surface area contributed by atoms with Crippen LogP contribution >= 0.6 is 0 Å². The van der Waals surface area contributed by atoms with Gasteiger partial charge in [0.15, 0.2) is 0 Å². The molecule has 0 atom stereocenters. The summed E-state index contributed by atoms with van der Waals surface area (Å²) in [5, 5.41) is 0. The molecule has 0 heterocycles. The molecule has 0 bridgehead atoms. The first-order chi connectivity index (χ1) is 13.7. The summed E-state index contributed by atoms with van der Waals surface area (Å²) in [6, 6.07) is 19.4. The van der Waals surface area contributed by atoms with Crippen molar-refractivity contribution >= 4 is 11.9 Å². The van der Waals surface area contributed by atoms with E-state index in [2.05, 4.69) is 0 Å². The van der Waals surface area contributed by atoms with E-state index in [1.807, 2.05) is 65.6 Å². The zero-order valence-electron chi connectivity index (χ0n) is 16.1. The Labute approximate surface area is 166 Å². The van der Waals surface area contributed by atoms with Gasteiger partial charge in [-0.25, -0.2) is 0 Å². The Hall–Kier alpha value is -2.66. The van der Waals surface area contributed by atoms with Gasteiger partial charge in [0.2, 0.25) is 0 Å². The highest BCUT2D eigenvalue weighted by atomic mass is 16.5. The maximum Gasteiger partial charge on any atom is 0.320 e. The monoisotopic (exact) mass is 381 g/mol. The zero-order chi connectivity index (χ0) is 19.6. The molecule has 1 aliphatic carbocycles. The quantitative estimate of drug-likeness (QED) is 0.620. The molecule has 5 nitrogen and oxygen atoms in total. The largest absolute Gasteiger partial charge is 0.460 e. The number of rotatable bonds is 9. The van der Waals surface area contributed by atoms with Crippen LogP contribution in [-0.4, -0.2) is 36.0 Å². The van der Waals surface area contributed by atoms with Gasteiger partial charge in [0.05, 0.1) is 13.1 Å². The van der Waals surface area contributed by atoms with Gasteiger partial charge in [-0.05, 0) is 24.0 Å². The van der Waals surface area contributed by atoms with E-state index in [0.717, 1.165) is 36.8 Å². The molecule has 0 aliphatic heterocycles. The summed E-state index contributed by atoms with van der Waals surface area (Å²) in [6.07, 6.45) is 4.24. The predicted molar refractivity (Wildman–Crippen MR) is 106 cm³/mol. The van der Waals surface area contributed by atoms with Crippen LogP contribution in [0.15, 0.2) is 60.7 Å². The fourth-order valence-electron chi connectivity index (χ4n) is 3.48. The van der Waals surface area contributed by atoms with Crippen molar-refractivity contribution in [2.45, 2.75) is 44.9 Å². The number of nitrogens with zero attached hydrogens (tertiary/aromatic N) is 1. The van der Waals surface area contributed by atoms with Crippen molar-refractivity contribution in [3.05, 3.63) is 71.8 Å². The van der Waals surface area contributed by atoms with Gasteiger partial charge in [0.1, 0.15) is 13.2 Å². The van der Waals surface area contributed by atoms with Crippen LogP contribution in [0.3, 0.4) is 0 Å². The number of benzene rings is 2. The SMILES string of the molecule is O=C(CN(CC(=O)OCc1ccccc1)C1CCCC1)OCc1ccccc1. The molecule has 148 valence electrons. The van der Waals surface area contributed by atoms with Gasteiger partial charge >= 0.3 is 11.9 Å². The Kier molecular flexibility index (Phi) is 7.62. The van der Waals surface area contributed by atoms with Gasteiger partial charge in [0, 0.05) is 6.04 Å². The zero-order valence-corrected chi connectivity index (χ0v) is 16.1. The Balaban J connectivity index is 1.50. The average molecular weight is 381 g/mol. The fraction of sp³-hybridized carbons (Fsp3) is 0.391. The smallest absolute Gasteiger partial charge is 0.320 e. The normalized spacial score (nSPS) is 14.2. The van der Waals surface area contributed by atoms with Crippen molar-refractivity contribution in [2.24, 2.45) is 0 Å². The van der Waals surface area contributed by atoms with Gasteiger partial charge < -0.3 is 9.47 Å². The van der Waals surface area contributed by atoms with Gasteiger partial charge in [0.25, 0.3) is 0 Å². The lowest BCUT2D eigenvalue weighted by Crippen LogP contribution is -2.42. The Morgan fingerprint density at radius 2 is 1.18 bits per heavy atom. The van der Waals surface area contributed by atoms with Crippen LogP contribution in [-0.2, 0) is 32.3 Å². The second kappa shape index (κ2) is 10.6. The van der Waals surface area contributed by atoms with E-state index in [0.29, 0.717) is 0 Å². The Morgan fingerprint density at radius 1 is 0.750 bits per heavy atom. The topological polar surface area (TPSA) is 55.8 Å². The first-order valence-corrected chi connectivity index (χ1v) is 9.84. The van der Waals surface area contributed by atoms with Crippen molar-refractivity contribution in [2.75, 3.05) is 13.1 Å². The van der Waals surface area contributed by atoms with E-state index in [4.69, 9.17) is 9.47 Å². The molecule has 3 rings (SSSR count). The number of carbonyl (C=O) groups is 2. The van der Waals surface area contributed by atoms with Crippen LogP contribution < -0.4 is 0 Å². The van der Waals surface area contributed by atoms with Gasteiger partial charge in [-0.15, -0.1) is 0 Å². The summed E-state index contributed by atoms with van der Waals surface area (Å²) in [5.41, 5.74) is 1.90. The molecular formula is C23H27NO4. The molecule has 0 saturated heterocycles. The van der Waals surface area contributed by atoms with E-state index >= 15 is 0 Å². The summed E-state index contributed by atoms with van der Waals surface area (Å²) in [7, 11) is 0. The molecule has 0 radical (unpaired) electrons. The molecule has 2 aromatic carbocycles. The van der Waals surface area contributed by atoms with E-state index < -0.39 is 0 Å². The number of esters is 2. The highest BCUT2D eigenvalue weighted by Crippen LogP contribution is 2.23. The first-order valence-electron chi connectivity index (χ1n) is 9.84. The van der Waals surface area contributed by atoms with Crippen molar-refractivity contribution in [3.8, 4) is 0 Å².